The van der Waals surface area contributed by atoms with E-state index >= 15 is 0 Å². The summed E-state index contributed by atoms with van der Waals surface area (Å²) in [5, 5.41) is 10.6. The standard InChI is InChI=1S/C78H152O17P2/c1-6-10-13-16-19-22-25-27-29-30-31-32-33-34-36-38-41-44-47-54-59-64-78(83)94-73(67-88-75(80)61-56-51-45-42-40-37-35-28-26-23-20-17-14-11-7-2)69-92-96(84,85)90-65-72(79)66-91-97(86,87)93-70-74(68-89-76(81)62-57-52-49-48-50-55-60-71(5)9-4)95-77(82)63-58-53-46-43-39-24-21-18-15-12-8-3/h71-74,79H,6-70H2,1-5H3,(H,84,85)(H,86,87)/t71?,72-,73-,74-/m1/s1. The molecule has 3 unspecified atom stereocenters. The summed E-state index contributed by atoms with van der Waals surface area (Å²) in [6.45, 7) is 7.26. The van der Waals surface area contributed by atoms with Crippen molar-refractivity contribution in [3.05, 3.63) is 0 Å². The van der Waals surface area contributed by atoms with E-state index in [1.807, 2.05) is 0 Å². The van der Waals surface area contributed by atoms with E-state index in [9.17, 15) is 43.2 Å². The zero-order valence-electron chi connectivity index (χ0n) is 63.2. The first-order chi connectivity index (χ1) is 47.1. The van der Waals surface area contributed by atoms with Crippen molar-refractivity contribution in [2.75, 3.05) is 39.6 Å². The van der Waals surface area contributed by atoms with E-state index in [1.54, 1.807) is 0 Å². The molecular weight excluding hydrogens is 1270 g/mol. The molecule has 97 heavy (non-hydrogen) atoms. The van der Waals surface area contributed by atoms with Gasteiger partial charge in [0.1, 0.15) is 19.3 Å². The number of esters is 4. The first-order valence-electron chi connectivity index (χ1n) is 40.7. The van der Waals surface area contributed by atoms with Gasteiger partial charge in [-0.15, -0.1) is 0 Å². The third-order valence-corrected chi connectivity index (χ3v) is 20.5. The van der Waals surface area contributed by atoms with Crippen LogP contribution in [0, 0.1) is 5.92 Å². The first-order valence-corrected chi connectivity index (χ1v) is 43.7. The molecule has 0 saturated heterocycles. The second kappa shape index (κ2) is 71.1. The molecule has 0 rings (SSSR count). The molecule has 19 heteroatoms. The molecule has 0 heterocycles. The summed E-state index contributed by atoms with van der Waals surface area (Å²) in [4.78, 5) is 72.8. The second-order valence-corrected chi connectivity index (χ2v) is 31.3. The summed E-state index contributed by atoms with van der Waals surface area (Å²) >= 11 is 0. The number of hydrogen-bond acceptors (Lipinski definition) is 15. The Bertz CT molecular complexity index is 1860. The van der Waals surface area contributed by atoms with Crippen molar-refractivity contribution >= 4 is 39.5 Å². The Labute approximate surface area is 594 Å². The fourth-order valence-electron chi connectivity index (χ4n) is 12.0. The molecule has 0 spiro atoms. The Morgan fingerprint density at radius 1 is 0.289 bits per heavy atom. The third-order valence-electron chi connectivity index (χ3n) is 18.6. The van der Waals surface area contributed by atoms with Gasteiger partial charge in [0.25, 0.3) is 0 Å². The average molecular weight is 1420 g/mol. The lowest BCUT2D eigenvalue weighted by molar-refractivity contribution is -0.161. The van der Waals surface area contributed by atoms with Crippen molar-refractivity contribution in [3.8, 4) is 0 Å². The van der Waals surface area contributed by atoms with Gasteiger partial charge in [-0.25, -0.2) is 9.13 Å². The lowest BCUT2D eigenvalue weighted by Gasteiger charge is -2.21. The highest BCUT2D eigenvalue weighted by atomic mass is 31.2. The van der Waals surface area contributed by atoms with Gasteiger partial charge in [-0.2, -0.15) is 0 Å². The van der Waals surface area contributed by atoms with E-state index in [0.717, 1.165) is 102 Å². The normalized spacial score (nSPS) is 14.2. The molecule has 0 amide bonds. The van der Waals surface area contributed by atoms with Crippen molar-refractivity contribution in [3.63, 3.8) is 0 Å². The molecular formula is C78H152O17P2. The molecule has 0 aromatic rings. The zero-order chi connectivity index (χ0) is 71.2. The molecule has 0 saturated carbocycles. The fraction of sp³-hybridized carbons (Fsp3) is 0.949. The number of ether oxygens (including phenoxy) is 4. The largest absolute Gasteiger partial charge is 0.472 e. The predicted molar refractivity (Wildman–Crippen MR) is 395 cm³/mol. The summed E-state index contributed by atoms with van der Waals surface area (Å²) in [5.41, 5.74) is 0. The molecule has 0 bridgehead atoms. The number of carbonyl (C=O) groups is 4. The van der Waals surface area contributed by atoms with Gasteiger partial charge in [0.2, 0.25) is 0 Å². The summed E-state index contributed by atoms with van der Waals surface area (Å²) in [6, 6.07) is 0. The Morgan fingerprint density at radius 3 is 0.732 bits per heavy atom. The summed E-state index contributed by atoms with van der Waals surface area (Å²) in [7, 11) is -9.91. The van der Waals surface area contributed by atoms with Crippen molar-refractivity contribution in [2.45, 2.75) is 432 Å². The summed E-state index contributed by atoms with van der Waals surface area (Å²) in [5.74, 6) is -1.38. The number of aliphatic hydroxyl groups is 1. The highest BCUT2D eigenvalue weighted by Gasteiger charge is 2.30. The molecule has 0 aromatic carbocycles. The van der Waals surface area contributed by atoms with Crippen LogP contribution in [0.5, 0.6) is 0 Å². The highest BCUT2D eigenvalue weighted by Crippen LogP contribution is 2.45. The predicted octanol–water partition coefficient (Wildman–Crippen LogP) is 23.3. The number of hydrogen-bond donors (Lipinski definition) is 3. The minimum atomic E-state index is -4.96. The van der Waals surface area contributed by atoms with Crippen LogP contribution in [0.3, 0.4) is 0 Å². The quantitative estimate of drug-likeness (QED) is 0.0222. The van der Waals surface area contributed by atoms with Crippen LogP contribution in [0.4, 0.5) is 0 Å². The van der Waals surface area contributed by atoms with Gasteiger partial charge in [0, 0.05) is 25.7 Å². The number of phosphoric acid groups is 2. The van der Waals surface area contributed by atoms with Gasteiger partial charge in [-0.05, 0) is 31.6 Å². The van der Waals surface area contributed by atoms with Gasteiger partial charge < -0.3 is 33.8 Å². The van der Waals surface area contributed by atoms with Crippen molar-refractivity contribution in [1.82, 2.24) is 0 Å². The van der Waals surface area contributed by atoms with Gasteiger partial charge in [0.05, 0.1) is 26.4 Å². The van der Waals surface area contributed by atoms with Crippen molar-refractivity contribution in [1.29, 1.82) is 0 Å². The second-order valence-electron chi connectivity index (χ2n) is 28.3. The van der Waals surface area contributed by atoms with Crippen LogP contribution < -0.4 is 0 Å². The highest BCUT2D eigenvalue weighted by molar-refractivity contribution is 7.47. The lowest BCUT2D eigenvalue weighted by atomic mass is 10.00. The number of unbranched alkanes of at least 4 members (excludes halogenated alkanes) is 49. The maximum Gasteiger partial charge on any atom is 0.472 e. The van der Waals surface area contributed by atoms with Crippen LogP contribution in [0.25, 0.3) is 0 Å². The Morgan fingerprint density at radius 2 is 0.495 bits per heavy atom. The van der Waals surface area contributed by atoms with E-state index in [-0.39, 0.29) is 25.7 Å². The van der Waals surface area contributed by atoms with Crippen LogP contribution in [-0.4, -0.2) is 96.7 Å². The van der Waals surface area contributed by atoms with Crippen LogP contribution >= 0.6 is 15.6 Å². The van der Waals surface area contributed by atoms with Gasteiger partial charge in [0.15, 0.2) is 12.2 Å². The lowest BCUT2D eigenvalue weighted by Crippen LogP contribution is -2.30. The number of aliphatic hydroxyl groups excluding tert-OH is 1. The van der Waals surface area contributed by atoms with E-state index in [1.165, 1.54) is 231 Å². The SMILES string of the molecule is CCCCCCCCCCCCCCCCCCCCCCCC(=O)O[C@H](COC(=O)CCCCCCCCCCCCCCCCC)COP(=O)(O)OC[C@@H](O)COP(=O)(O)OC[C@@H](COC(=O)CCCCCCCCC(C)CC)OC(=O)CCCCCCCCCCCCC. The molecule has 0 aliphatic heterocycles. The Balaban J connectivity index is 5.20. The Hall–Kier alpha value is -1.94. The molecule has 17 nitrogen and oxygen atoms in total. The average Bonchev–Trinajstić information content (AvgIpc) is 1.49. The maximum absolute atomic E-state index is 13.1. The molecule has 576 valence electrons. The van der Waals surface area contributed by atoms with Gasteiger partial charge >= 0.3 is 39.5 Å². The Kier molecular flexibility index (Phi) is 69.6. The number of rotatable bonds is 78. The zero-order valence-corrected chi connectivity index (χ0v) is 65.0. The number of carbonyl (C=O) groups excluding carboxylic acids is 4. The van der Waals surface area contributed by atoms with E-state index in [0.29, 0.717) is 25.7 Å². The molecule has 3 N–H and O–H groups in total. The number of phosphoric ester groups is 2. The van der Waals surface area contributed by atoms with Crippen LogP contribution in [0.15, 0.2) is 0 Å². The van der Waals surface area contributed by atoms with E-state index in [2.05, 4.69) is 34.6 Å². The van der Waals surface area contributed by atoms with Crippen molar-refractivity contribution in [2.24, 2.45) is 5.92 Å². The molecule has 6 atom stereocenters. The summed E-state index contributed by atoms with van der Waals surface area (Å²) < 4.78 is 68.6. The minimum absolute atomic E-state index is 0.106. The maximum atomic E-state index is 13.1. The van der Waals surface area contributed by atoms with Gasteiger partial charge in [-0.1, -0.05) is 362 Å². The smallest absolute Gasteiger partial charge is 0.462 e. The first kappa shape index (κ1) is 95.1. The molecule has 0 aromatic heterocycles. The molecule has 0 aliphatic carbocycles. The summed E-state index contributed by atoms with van der Waals surface area (Å²) in [6.07, 6.45) is 61.1. The monoisotopic (exact) mass is 1420 g/mol. The van der Waals surface area contributed by atoms with Crippen LogP contribution in [0.1, 0.15) is 413 Å². The molecule has 0 fully saturated rings. The molecule has 0 aliphatic rings. The topological polar surface area (TPSA) is 237 Å². The third kappa shape index (κ3) is 70.9. The van der Waals surface area contributed by atoms with Crippen molar-refractivity contribution < 1.29 is 80.2 Å². The molecule has 0 radical (unpaired) electrons. The van der Waals surface area contributed by atoms with Crippen LogP contribution in [0.2, 0.25) is 0 Å². The van der Waals surface area contributed by atoms with E-state index in [4.69, 9.17) is 37.0 Å². The van der Waals surface area contributed by atoms with E-state index < -0.39 is 97.5 Å². The minimum Gasteiger partial charge on any atom is -0.462 e. The van der Waals surface area contributed by atoms with Crippen LogP contribution in [-0.2, 0) is 65.4 Å². The fourth-order valence-corrected chi connectivity index (χ4v) is 13.6. The van der Waals surface area contributed by atoms with Gasteiger partial charge in [-0.3, -0.25) is 37.3 Å².